The summed E-state index contributed by atoms with van der Waals surface area (Å²) in [6, 6.07) is 18.5. The molecule has 0 heterocycles. The SMILES string of the molecule is OCC=Cc1cccc(-c2ccccc2)c1. The predicted octanol–water partition coefficient (Wildman–Crippen LogP) is 3.36. The molecule has 0 saturated heterocycles. The number of hydrogen-bond acceptors (Lipinski definition) is 1. The van der Waals surface area contributed by atoms with E-state index in [-0.39, 0.29) is 6.61 Å². The van der Waals surface area contributed by atoms with E-state index < -0.39 is 0 Å². The number of benzene rings is 2. The van der Waals surface area contributed by atoms with Crippen LogP contribution in [0.15, 0.2) is 60.7 Å². The zero-order chi connectivity index (χ0) is 11.2. The molecule has 0 unspecified atom stereocenters. The van der Waals surface area contributed by atoms with Gasteiger partial charge in [-0.1, -0.05) is 60.7 Å². The summed E-state index contributed by atoms with van der Waals surface area (Å²) >= 11 is 0. The molecule has 1 heteroatoms. The number of hydrogen-bond donors (Lipinski definition) is 1. The van der Waals surface area contributed by atoms with Crippen LogP contribution in [0.4, 0.5) is 0 Å². The minimum Gasteiger partial charge on any atom is -0.392 e. The third kappa shape index (κ3) is 2.59. The van der Waals surface area contributed by atoms with E-state index in [4.69, 9.17) is 5.11 Å². The van der Waals surface area contributed by atoms with E-state index in [0.29, 0.717) is 0 Å². The molecule has 0 fully saturated rings. The molecule has 80 valence electrons. The first kappa shape index (κ1) is 10.7. The van der Waals surface area contributed by atoms with E-state index in [0.717, 1.165) is 5.56 Å². The molecule has 2 aromatic carbocycles. The first-order valence-corrected chi connectivity index (χ1v) is 5.33. The molecule has 1 nitrogen and oxygen atoms in total. The van der Waals surface area contributed by atoms with Crippen molar-refractivity contribution in [2.75, 3.05) is 6.61 Å². The highest BCUT2D eigenvalue weighted by Gasteiger charge is 1.96. The first-order valence-electron chi connectivity index (χ1n) is 5.33. The third-order valence-corrected chi connectivity index (χ3v) is 2.41. The van der Waals surface area contributed by atoms with E-state index in [1.165, 1.54) is 11.1 Å². The summed E-state index contributed by atoms with van der Waals surface area (Å²) in [5.74, 6) is 0. The van der Waals surface area contributed by atoms with Gasteiger partial charge in [0.1, 0.15) is 0 Å². The van der Waals surface area contributed by atoms with Gasteiger partial charge >= 0.3 is 0 Å². The van der Waals surface area contributed by atoms with Gasteiger partial charge < -0.3 is 5.11 Å². The highest BCUT2D eigenvalue weighted by atomic mass is 16.2. The van der Waals surface area contributed by atoms with Crippen molar-refractivity contribution in [2.24, 2.45) is 0 Å². The molecule has 0 aliphatic rings. The van der Waals surface area contributed by atoms with Gasteiger partial charge in [0.15, 0.2) is 0 Å². The Morgan fingerprint density at radius 2 is 1.62 bits per heavy atom. The molecular weight excluding hydrogens is 196 g/mol. The van der Waals surface area contributed by atoms with E-state index in [1.54, 1.807) is 6.08 Å². The van der Waals surface area contributed by atoms with E-state index in [1.807, 2.05) is 36.4 Å². The van der Waals surface area contributed by atoms with Crippen molar-refractivity contribution in [3.8, 4) is 11.1 Å². The predicted molar refractivity (Wildman–Crippen MR) is 68.0 cm³/mol. The minimum absolute atomic E-state index is 0.0789. The quantitative estimate of drug-likeness (QED) is 0.823. The van der Waals surface area contributed by atoms with Gasteiger partial charge in [0.2, 0.25) is 0 Å². The Morgan fingerprint density at radius 3 is 2.38 bits per heavy atom. The van der Waals surface area contributed by atoms with Crippen LogP contribution in [0.3, 0.4) is 0 Å². The lowest BCUT2D eigenvalue weighted by Gasteiger charge is -2.02. The molecule has 2 aromatic rings. The normalized spacial score (nSPS) is 10.8. The zero-order valence-corrected chi connectivity index (χ0v) is 9.01. The van der Waals surface area contributed by atoms with Gasteiger partial charge in [-0.25, -0.2) is 0 Å². The summed E-state index contributed by atoms with van der Waals surface area (Å²) in [6.07, 6.45) is 3.66. The van der Waals surface area contributed by atoms with Gasteiger partial charge in [0.25, 0.3) is 0 Å². The van der Waals surface area contributed by atoms with Crippen LogP contribution in [0.1, 0.15) is 5.56 Å². The third-order valence-electron chi connectivity index (χ3n) is 2.41. The van der Waals surface area contributed by atoms with Crippen molar-refractivity contribution in [3.63, 3.8) is 0 Å². The van der Waals surface area contributed by atoms with Gasteiger partial charge in [-0.3, -0.25) is 0 Å². The van der Waals surface area contributed by atoms with Crippen LogP contribution in [0.25, 0.3) is 17.2 Å². The van der Waals surface area contributed by atoms with Crippen molar-refractivity contribution in [3.05, 3.63) is 66.2 Å². The minimum atomic E-state index is 0.0789. The molecule has 16 heavy (non-hydrogen) atoms. The Hall–Kier alpha value is -1.86. The van der Waals surface area contributed by atoms with Gasteiger partial charge in [0, 0.05) is 0 Å². The van der Waals surface area contributed by atoms with Gasteiger partial charge in [0.05, 0.1) is 6.61 Å². The lowest BCUT2D eigenvalue weighted by molar-refractivity contribution is 0.343. The monoisotopic (exact) mass is 210 g/mol. The largest absolute Gasteiger partial charge is 0.392 e. The lowest BCUT2D eigenvalue weighted by Crippen LogP contribution is -1.79. The van der Waals surface area contributed by atoms with Gasteiger partial charge in [-0.2, -0.15) is 0 Å². The van der Waals surface area contributed by atoms with Crippen LogP contribution in [-0.4, -0.2) is 11.7 Å². The standard InChI is InChI=1S/C15H14O/c16-11-5-7-13-6-4-10-15(12-13)14-8-2-1-3-9-14/h1-10,12,16H,11H2. The second-order valence-corrected chi connectivity index (χ2v) is 3.58. The van der Waals surface area contributed by atoms with Crippen molar-refractivity contribution >= 4 is 6.08 Å². The molecule has 0 aliphatic carbocycles. The highest BCUT2D eigenvalue weighted by Crippen LogP contribution is 2.20. The number of aliphatic hydroxyl groups excluding tert-OH is 1. The van der Waals surface area contributed by atoms with Crippen LogP contribution >= 0.6 is 0 Å². The van der Waals surface area contributed by atoms with E-state index in [2.05, 4.69) is 24.3 Å². The fourth-order valence-corrected chi connectivity index (χ4v) is 1.64. The summed E-state index contributed by atoms with van der Waals surface area (Å²) in [5.41, 5.74) is 3.51. The molecule has 0 amide bonds. The fourth-order valence-electron chi connectivity index (χ4n) is 1.64. The van der Waals surface area contributed by atoms with Gasteiger partial charge in [-0.05, 0) is 22.8 Å². The summed E-state index contributed by atoms with van der Waals surface area (Å²) in [4.78, 5) is 0. The van der Waals surface area contributed by atoms with Crippen LogP contribution in [0, 0.1) is 0 Å². The average Bonchev–Trinajstić information content (AvgIpc) is 2.38. The zero-order valence-electron chi connectivity index (χ0n) is 9.01. The highest BCUT2D eigenvalue weighted by molar-refractivity contribution is 5.67. The second kappa shape index (κ2) is 5.29. The summed E-state index contributed by atoms with van der Waals surface area (Å²) < 4.78 is 0. The molecule has 0 aliphatic heterocycles. The van der Waals surface area contributed by atoms with Gasteiger partial charge in [-0.15, -0.1) is 0 Å². The Labute approximate surface area is 95.7 Å². The molecule has 0 spiro atoms. The molecule has 0 saturated carbocycles. The Kier molecular flexibility index (Phi) is 3.52. The maximum Gasteiger partial charge on any atom is 0.0615 e. The van der Waals surface area contributed by atoms with Crippen LogP contribution in [0.5, 0.6) is 0 Å². The Morgan fingerprint density at radius 1 is 0.875 bits per heavy atom. The van der Waals surface area contributed by atoms with Crippen LogP contribution in [-0.2, 0) is 0 Å². The topological polar surface area (TPSA) is 20.2 Å². The number of aliphatic hydroxyl groups is 1. The van der Waals surface area contributed by atoms with E-state index in [9.17, 15) is 0 Å². The van der Waals surface area contributed by atoms with E-state index >= 15 is 0 Å². The Bertz CT molecular complexity index is 472. The second-order valence-electron chi connectivity index (χ2n) is 3.58. The molecule has 0 radical (unpaired) electrons. The van der Waals surface area contributed by atoms with Crippen LogP contribution < -0.4 is 0 Å². The lowest BCUT2D eigenvalue weighted by atomic mass is 10.0. The number of rotatable bonds is 3. The molecule has 1 N–H and O–H groups in total. The molecule has 2 rings (SSSR count). The summed E-state index contributed by atoms with van der Waals surface area (Å²) in [7, 11) is 0. The molecule has 0 aromatic heterocycles. The van der Waals surface area contributed by atoms with Crippen molar-refractivity contribution in [1.29, 1.82) is 0 Å². The van der Waals surface area contributed by atoms with Crippen LogP contribution in [0.2, 0.25) is 0 Å². The Balaban J connectivity index is 2.33. The summed E-state index contributed by atoms with van der Waals surface area (Å²) in [5, 5.41) is 8.73. The maximum atomic E-state index is 8.73. The first-order chi connectivity index (χ1) is 7.90. The fraction of sp³-hybridized carbons (Fsp3) is 0.0667. The molecule has 0 atom stereocenters. The molecule has 0 bridgehead atoms. The smallest absolute Gasteiger partial charge is 0.0615 e. The average molecular weight is 210 g/mol. The van der Waals surface area contributed by atoms with Crippen molar-refractivity contribution < 1.29 is 5.11 Å². The van der Waals surface area contributed by atoms with Crippen molar-refractivity contribution in [1.82, 2.24) is 0 Å². The summed E-state index contributed by atoms with van der Waals surface area (Å²) in [6.45, 7) is 0.0789. The molecular formula is C15H14O. The van der Waals surface area contributed by atoms with Crippen molar-refractivity contribution in [2.45, 2.75) is 0 Å². The maximum absolute atomic E-state index is 8.73.